The van der Waals surface area contributed by atoms with Gasteiger partial charge >= 0.3 is 0 Å². The number of anilines is 2. The number of hydrogen-bond donors (Lipinski definition) is 1. The molecule has 7 heteroatoms. The summed E-state index contributed by atoms with van der Waals surface area (Å²) in [5, 5.41) is 9.48. The average Bonchev–Trinajstić information content (AvgIpc) is 3.24. The van der Waals surface area contributed by atoms with E-state index in [1.165, 1.54) is 44.9 Å². The van der Waals surface area contributed by atoms with Gasteiger partial charge in [0.2, 0.25) is 5.95 Å². The van der Waals surface area contributed by atoms with Crippen LogP contribution in [-0.4, -0.2) is 44.4 Å². The fourth-order valence-electron chi connectivity index (χ4n) is 5.35. The third kappa shape index (κ3) is 5.18. The molecule has 2 aliphatic rings. The maximum absolute atomic E-state index is 5.09. The predicted octanol–water partition coefficient (Wildman–Crippen LogP) is 5.92. The van der Waals surface area contributed by atoms with E-state index in [4.69, 9.17) is 15.1 Å². The van der Waals surface area contributed by atoms with Gasteiger partial charge in [-0.05, 0) is 62.5 Å². The van der Waals surface area contributed by atoms with Crippen molar-refractivity contribution < 1.29 is 0 Å². The molecule has 3 aromatic rings. The summed E-state index contributed by atoms with van der Waals surface area (Å²) in [5.74, 6) is 3.28. The summed E-state index contributed by atoms with van der Waals surface area (Å²) in [4.78, 5) is 16.7. The Hall–Kier alpha value is -2.70. The molecule has 1 aliphatic carbocycles. The quantitative estimate of drug-likeness (QED) is 0.420. The summed E-state index contributed by atoms with van der Waals surface area (Å²) in [6.07, 6.45) is 15.2. The van der Waals surface area contributed by atoms with Crippen molar-refractivity contribution >= 4 is 22.8 Å². The fourth-order valence-corrected chi connectivity index (χ4v) is 5.35. The molecule has 0 atom stereocenters. The lowest BCUT2D eigenvalue weighted by Gasteiger charge is -2.27. The minimum Gasteiger partial charge on any atom is -0.357 e. The molecule has 3 aromatic heterocycles. The molecule has 0 aromatic carbocycles. The van der Waals surface area contributed by atoms with Crippen molar-refractivity contribution in [3.8, 4) is 11.3 Å². The van der Waals surface area contributed by atoms with Gasteiger partial charge in [-0.3, -0.25) is 0 Å². The Balaban J connectivity index is 1.44. The van der Waals surface area contributed by atoms with E-state index in [1.807, 2.05) is 12.4 Å². The highest BCUT2D eigenvalue weighted by Crippen LogP contribution is 2.32. The number of fused-ring (bicyclic) bond motifs is 1. The Bertz CT molecular complexity index is 1060. The Labute approximate surface area is 203 Å². The molecule has 0 spiro atoms. The van der Waals surface area contributed by atoms with Crippen LogP contribution in [0.1, 0.15) is 71.6 Å². The van der Waals surface area contributed by atoms with Gasteiger partial charge in [0.1, 0.15) is 11.5 Å². The van der Waals surface area contributed by atoms with Gasteiger partial charge in [-0.25, -0.2) is 14.6 Å². The van der Waals surface area contributed by atoms with E-state index < -0.39 is 0 Å². The zero-order valence-electron chi connectivity index (χ0n) is 20.8. The van der Waals surface area contributed by atoms with E-state index in [1.54, 1.807) is 0 Å². The van der Waals surface area contributed by atoms with Crippen LogP contribution in [0.25, 0.3) is 22.3 Å². The average molecular weight is 462 g/mol. The number of nitrogens with one attached hydrogen (secondary N) is 1. The molecule has 0 unspecified atom stereocenters. The smallest absolute Gasteiger partial charge is 0.224 e. The first-order valence-corrected chi connectivity index (χ1v) is 13.4. The topological polar surface area (TPSA) is 71.8 Å². The largest absolute Gasteiger partial charge is 0.357 e. The summed E-state index contributed by atoms with van der Waals surface area (Å²) < 4.78 is 2.14. The molecule has 1 saturated heterocycles. The van der Waals surface area contributed by atoms with Crippen LogP contribution in [0.3, 0.4) is 0 Å². The molecule has 4 heterocycles. The molecular weight excluding hydrogens is 422 g/mol. The highest BCUT2D eigenvalue weighted by atomic mass is 15.3. The lowest BCUT2D eigenvalue weighted by atomic mass is 9.83. The van der Waals surface area contributed by atoms with Crippen molar-refractivity contribution in [3.05, 3.63) is 24.5 Å². The van der Waals surface area contributed by atoms with Gasteiger partial charge in [0.25, 0.3) is 0 Å². The molecule has 1 aliphatic heterocycles. The van der Waals surface area contributed by atoms with Crippen LogP contribution in [0.2, 0.25) is 0 Å². The molecule has 0 bridgehead atoms. The van der Waals surface area contributed by atoms with Crippen LogP contribution < -0.4 is 10.2 Å². The maximum Gasteiger partial charge on any atom is 0.224 e. The second-order valence-electron chi connectivity index (χ2n) is 10.3. The Morgan fingerprint density at radius 3 is 2.56 bits per heavy atom. The Kier molecular flexibility index (Phi) is 7.26. The first-order valence-electron chi connectivity index (χ1n) is 13.4. The number of nitrogens with zero attached hydrogens (tertiary/aromatic N) is 6. The number of hydrogen-bond acceptors (Lipinski definition) is 6. The molecule has 7 nitrogen and oxygen atoms in total. The fraction of sp³-hybridized carbons (Fsp3) is 0.630. The van der Waals surface area contributed by atoms with Crippen molar-refractivity contribution in [1.29, 1.82) is 0 Å². The van der Waals surface area contributed by atoms with Gasteiger partial charge in [-0.2, -0.15) is 10.1 Å². The standard InChI is InChI=1S/C27H39N7/c1-3-4-14-28-27-30-18-23-25(22-12-13-24(29-17-22)33-15-6-5-7-16-33)32-34(26(23)31-27)19-21-10-8-20(2)9-11-21/h12-13,17-18,20-21H,3-11,14-16,19H2,1-2H3,(H,28,30,31). The first kappa shape index (κ1) is 23.1. The second kappa shape index (κ2) is 10.7. The summed E-state index contributed by atoms with van der Waals surface area (Å²) >= 11 is 0. The zero-order valence-corrected chi connectivity index (χ0v) is 20.8. The van der Waals surface area contributed by atoms with Crippen LogP contribution in [0.4, 0.5) is 11.8 Å². The molecule has 0 radical (unpaired) electrons. The normalized spacial score (nSPS) is 21.2. The molecular formula is C27H39N7. The number of rotatable bonds is 8. The molecule has 182 valence electrons. The molecule has 1 saturated carbocycles. The van der Waals surface area contributed by atoms with Gasteiger partial charge in [0.05, 0.1) is 5.39 Å². The molecule has 0 amide bonds. The Morgan fingerprint density at radius 2 is 1.82 bits per heavy atom. The third-order valence-electron chi connectivity index (χ3n) is 7.57. The van der Waals surface area contributed by atoms with E-state index >= 15 is 0 Å². The number of pyridine rings is 1. The summed E-state index contributed by atoms with van der Waals surface area (Å²) in [6, 6.07) is 4.31. The van der Waals surface area contributed by atoms with Crippen molar-refractivity contribution in [2.75, 3.05) is 29.9 Å². The minimum atomic E-state index is 0.665. The number of piperidine rings is 1. The molecule has 5 rings (SSSR count). The summed E-state index contributed by atoms with van der Waals surface area (Å²) in [5.41, 5.74) is 2.91. The van der Waals surface area contributed by atoms with Crippen molar-refractivity contribution in [2.45, 2.75) is 78.2 Å². The lowest BCUT2D eigenvalue weighted by Crippen LogP contribution is -2.29. The SMILES string of the molecule is CCCCNc1ncc2c(-c3ccc(N4CCCCC4)nc3)nn(CC3CCC(C)CC3)c2n1. The first-order chi connectivity index (χ1) is 16.7. The predicted molar refractivity (Wildman–Crippen MR) is 139 cm³/mol. The van der Waals surface area contributed by atoms with Crippen LogP contribution >= 0.6 is 0 Å². The van der Waals surface area contributed by atoms with Gasteiger partial charge in [0.15, 0.2) is 5.65 Å². The van der Waals surface area contributed by atoms with Gasteiger partial charge in [0, 0.05) is 44.1 Å². The van der Waals surface area contributed by atoms with E-state index in [-0.39, 0.29) is 0 Å². The monoisotopic (exact) mass is 461 g/mol. The lowest BCUT2D eigenvalue weighted by molar-refractivity contribution is 0.260. The second-order valence-corrected chi connectivity index (χ2v) is 10.3. The number of aromatic nitrogens is 5. The van der Waals surface area contributed by atoms with Crippen molar-refractivity contribution in [1.82, 2.24) is 24.7 Å². The Morgan fingerprint density at radius 1 is 1.00 bits per heavy atom. The maximum atomic E-state index is 5.09. The highest BCUT2D eigenvalue weighted by Gasteiger charge is 2.22. The summed E-state index contributed by atoms with van der Waals surface area (Å²) in [7, 11) is 0. The van der Waals surface area contributed by atoms with Crippen LogP contribution in [0, 0.1) is 11.8 Å². The van der Waals surface area contributed by atoms with E-state index in [2.05, 4.69) is 45.9 Å². The van der Waals surface area contributed by atoms with Crippen LogP contribution in [0.15, 0.2) is 24.5 Å². The van der Waals surface area contributed by atoms with E-state index in [0.717, 1.165) is 73.0 Å². The molecule has 34 heavy (non-hydrogen) atoms. The highest BCUT2D eigenvalue weighted by molar-refractivity contribution is 5.91. The molecule has 1 N–H and O–H groups in total. The van der Waals surface area contributed by atoms with Crippen LogP contribution in [-0.2, 0) is 6.54 Å². The van der Waals surface area contributed by atoms with Crippen LogP contribution in [0.5, 0.6) is 0 Å². The minimum absolute atomic E-state index is 0.665. The van der Waals surface area contributed by atoms with E-state index in [9.17, 15) is 0 Å². The van der Waals surface area contributed by atoms with Gasteiger partial charge in [-0.1, -0.05) is 33.1 Å². The third-order valence-corrected chi connectivity index (χ3v) is 7.57. The molecule has 2 fully saturated rings. The zero-order chi connectivity index (χ0) is 23.3. The number of unbranched alkanes of at least 4 members (excludes halogenated alkanes) is 1. The summed E-state index contributed by atoms with van der Waals surface area (Å²) in [6.45, 7) is 8.60. The van der Waals surface area contributed by atoms with E-state index in [0.29, 0.717) is 11.9 Å². The van der Waals surface area contributed by atoms with Gasteiger partial charge < -0.3 is 10.2 Å². The van der Waals surface area contributed by atoms with Crippen molar-refractivity contribution in [3.63, 3.8) is 0 Å². The van der Waals surface area contributed by atoms with Gasteiger partial charge in [-0.15, -0.1) is 0 Å². The van der Waals surface area contributed by atoms with Crippen molar-refractivity contribution in [2.24, 2.45) is 11.8 Å².